The molecule has 5 aromatic heterocycles. The van der Waals surface area contributed by atoms with Gasteiger partial charge in [-0.1, -0.05) is 25.1 Å². The SMILES string of the molecule is CCCNC1CC1.COc1cccc(Cn2ncc3c4sc(COCCCCNc5c(C(N)=O)sc6nc(C)ccc56)nc4n(C)c3c2=O)c1.Nc1ccc2c(c1)CCCC2. The molecule has 0 aliphatic heterocycles. The normalized spacial score (nSPS) is 13.4. The lowest BCUT2D eigenvalue weighted by Crippen LogP contribution is -2.24. The summed E-state index contributed by atoms with van der Waals surface area (Å²) >= 11 is 2.84. The topological polar surface area (TPSA) is 177 Å². The molecule has 61 heavy (non-hydrogen) atoms. The lowest BCUT2D eigenvalue weighted by Gasteiger charge is -2.15. The molecule has 2 aromatic carbocycles. The van der Waals surface area contributed by atoms with Gasteiger partial charge in [-0.3, -0.25) is 9.59 Å². The summed E-state index contributed by atoms with van der Waals surface area (Å²) < 4.78 is 15.5. The van der Waals surface area contributed by atoms with Gasteiger partial charge in [-0.05, 0) is 124 Å². The number of primary amides is 1. The molecular weight excluding hydrogens is 807 g/mol. The Morgan fingerprint density at radius 2 is 1.80 bits per heavy atom. The molecular formula is C46H57N9O4S2. The van der Waals surface area contributed by atoms with Gasteiger partial charge >= 0.3 is 0 Å². The summed E-state index contributed by atoms with van der Waals surface area (Å²) in [5.74, 6) is 0.282. The molecule has 0 bridgehead atoms. The summed E-state index contributed by atoms with van der Waals surface area (Å²) in [5, 5.41) is 13.8. The quantitative estimate of drug-likeness (QED) is 0.0582. The highest BCUT2D eigenvalue weighted by Crippen LogP contribution is 2.35. The first-order chi connectivity index (χ1) is 29.6. The maximum atomic E-state index is 13.3. The predicted molar refractivity (Wildman–Crippen MR) is 249 cm³/mol. The largest absolute Gasteiger partial charge is 0.497 e. The number of nitrogens with zero attached hydrogens (tertiary/aromatic N) is 5. The van der Waals surface area contributed by atoms with E-state index in [1.807, 2.05) is 61.0 Å². The van der Waals surface area contributed by atoms with Gasteiger partial charge in [0.1, 0.15) is 26.0 Å². The number of rotatable bonds is 15. The van der Waals surface area contributed by atoms with Crippen molar-refractivity contribution in [2.24, 2.45) is 12.8 Å². The number of unbranched alkanes of at least 4 members (excludes halogenated alkanes) is 1. The minimum Gasteiger partial charge on any atom is -0.497 e. The first kappa shape index (κ1) is 43.7. The van der Waals surface area contributed by atoms with Crippen LogP contribution in [0, 0.1) is 6.92 Å². The molecule has 13 nitrogen and oxygen atoms in total. The number of nitrogen functional groups attached to an aromatic ring is 1. The van der Waals surface area contributed by atoms with Gasteiger partial charge in [0.2, 0.25) is 0 Å². The van der Waals surface area contributed by atoms with Crippen LogP contribution in [0.3, 0.4) is 0 Å². The second-order valence-electron chi connectivity index (χ2n) is 15.7. The van der Waals surface area contributed by atoms with Gasteiger partial charge in [-0.25, -0.2) is 14.6 Å². The number of methoxy groups -OCH3 is 1. The van der Waals surface area contributed by atoms with Crippen molar-refractivity contribution in [1.82, 2.24) is 29.6 Å². The number of aryl methyl sites for hydroxylation is 4. The second kappa shape index (κ2) is 20.5. The van der Waals surface area contributed by atoms with E-state index in [0.717, 1.165) is 78.2 Å². The second-order valence-corrected chi connectivity index (χ2v) is 17.7. The molecule has 2 aliphatic rings. The number of ether oxygens (including phenoxy) is 2. The summed E-state index contributed by atoms with van der Waals surface area (Å²) in [4.78, 5) is 35.9. The number of benzene rings is 2. The van der Waals surface area contributed by atoms with Crippen LogP contribution < -0.4 is 32.4 Å². The Morgan fingerprint density at radius 1 is 0.984 bits per heavy atom. The summed E-state index contributed by atoms with van der Waals surface area (Å²) in [6, 6.07) is 18.7. The van der Waals surface area contributed by atoms with Crippen LogP contribution in [0.2, 0.25) is 0 Å². The van der Waals surface area contributed by atoms with E-state index >= 15 is 0 Å². The van der Waals surface area contributed by atoms with E-state index in [1.165, 1.54) is 90.0 Å². The van der Waals surface area contributed by atoms with Gasteiger partial charge in [-0.2, -0.15) is 5.10 Å². The van der Waals surface area contributed by atoms with Crippen LogP contribution in [0.25, 0.3) is 31.5 Å². The number of pyridine rings is 1. The monoisotopic (exact) mass is 863 g/mol. The predicted octanol–water partition coefficient (Wildman–Crippen LogP) is 8.12. The third kappa shape index (κ3) is 10.9. The molecule has 2 aliphatic carbocycles. The molecule has 322 valence electrons. The van der Waals surface area contributed by atoms with Crippen molar-refractivity contribution >= 4 is 71.4 Å². The van der Waals surface area contributed by atoms with E-state index < -0.39 is 5.91 Å². The first-order valence-electron chi connectivity index (χ1n) is 21.2. The minimum absolute atomic E-state index is 0.163. The summed E-state index contributed by atoms with van der Waals surface area (Å²) in [6.07, 6.45) is 12.7. The maximum absolute atomic E-state index is 13.3. The lowest BCUT2D eigenvalue weighted by molar-refractivity contribution is 0.100. The summed E-state index contributed by atoms with van der Waals surface area (Å²) in [7, 11) is 3.48. The van der Waals surface area contributed by atoms with E-state index in [2.05, 4.69) is 39.8 Å². The highest BCUT2D eigenvalue weighted by Gasteiger charge is 2.20. The van der Waals surface area contributed by atoms with Crippen LogP contribution in [-0.2, 0) is 37.8 Å². The number of thiazole rings is 1. The molecule has 1 fully saturated rings. The van der Waals surface area contributed by atoms with Crippen molar-refractivity contribution < 1.29 is 14.3 Å². The highest BCUT2D eigenvalue weighted by atomic mass is 32.1. The summed E-state index contributed by atoms with van der Waals surface area (Å²) in [6.45, 7) is 7.33. The van der Waals surface area contributed by atoms with Gasteiger partial charge in [0.15, 0.2) is 5.65 Å². The standard InChI is InChI=1S/C30H31N7O4S2.C10H13N.C6H13N/c1-17-9-10-20-23(26(27(31)38)43-29(20)34-17)32-11-4-5-12-41-16-22-35-28-25(42-22)21-14-33-37(30(39)24(21)36(28)2)15-18-7-6-8-19(13-18)40-3;11-10-6-5-8-3-1-2-4-9(8)7-10;1-2-5-7-6-3-4-6/h6-10,13-14,32H,4-5,11-12,15-16H2,1-3H3,(H2,31,38);5-7H,1-4,11H2;6-7H,2-5H2,1H3. The Kier molecular flexibility index (Phi) is 14.7. The number of nitrogens with one attached hydrogen (secondary N) is 2. The number of carbonyl (C=O) groups excluding carboxylic acids is 1. The average molecular weight is 864 g/mol. The van der Waals surface area contributed by atoms with Gasteiger partial charge in [0, 0.05) is 48.4 Å². The first-order valence-corrected chi connectivity index (χ1v) is 22.9. The fourth-order valence-electron chi connectivity index (χ4n) is 7.46. The van der Waals surface area contributed by atoms with Gasteiger partial charge in [0.25, 0.3) is 11.5 Å². The Bertz CT molecular complexity index is 2660. The van der Waals surface area contributed by atoms with Gasteiger partial charge in [-0.15, -0.1) is 22.7 Å². The van der Waals surface area contributed by atoms with Gasteiger partial charge < -0.3 is 36.1 Å². The van der Waals surface area contributed by atoms with Gasteiger partial charge in [0.05, 0.1) is 36.8 Å². The van der Waals surface area contributed by atoms with Crippen LogP contribution in [0.1, 0.15) is 88.9 Å². The molecule has 6 N–H and O–H groups in total. The molecule has 1 amide bonds. The number of fused-ring (bicyclic) bond motifs is 5. The number of thiophene rings is 1. The number of aromatic nitrogens is 5. The zero-order chi connectivity index (χ0) is 42.9. The zero-order valence-electron chi connectivity index (χ0n) is 35.6. The number of amides is 1. The molecule has 0 radical (unpaired) electrons. The van der Waals surface area contributed by atoms with Crippen LogP contribution >= 0.6 is 22.7 Å². The number of carbonyl (C=O) groups is 1. The Morgan fingerprint density at radius 3 is 2.57 bits per heavy atom. The van der Waals surface area contributed by atoms with Crippen LogP contribution in [0.15, 0.2) is 65.6 Å². The minimum atomic E-state index is -0.454. The Labute approximate surface area is 364 Å². The van der Waals surface area contributed by atoms with Crippen molar-refractivity contribution in [2.75, 3.05) is 37.9 Å². The molecule has 0 saturated heterocycles. The molecule has 5 heterocycles. The van der Waals surface area contributed by atoms with E-state index in [0.29, 0.717) is 36.7 Å². The Balaban J connectivity index is 0.000000254. The fraction of sp³-hybridized carbons (Fsp3) is 0.413. The van der Waals surface area contributed by atoms with Crippen molar-refractivity contribution in [3.05, 3.63) is 103 Å². The zero-order valence-corrected chi connectivity index (χ0v) is 37.2. The van der Waals surface area contributed by atoms with E-state index in [1.54, 1.807) is 13.3 Å². The van der Waals surface area contributed by atoms with Crippen LogP contribution in [0.4, 0.5) is 11.4 Å². The summed E-state index contributed by atoms with van der Waals surface area (Å²) in [5.41, 5.74) is 18.9. The van der Waals surface area contributed by atoms with E-state index in [-0.39, 0.29) is 5.56 Å². The molecule has 15 heteroatoms. The van der Waals surface area contributed by atoms with Crippen LogP contribution in [0.5, 0.6) is 5.75 Å². The van der Waals surface area contributed by atoms with Crippen molar-refractivity contribution in [3.8, 4) is 5.75 Å². The number of hydrogen-bond donors (Lipinski definition) is 4. The number of nitrogens with two attached hydrogens (primary N) is 2. The molecule has 0 unspecified atom stereocenters. The molecule has 9 rings (SSSR count). The lowest BCUT2D eigenvalue weighted by atomic mass is 9.91. The fourth-order valence-corrected chi connectivity index (χ4v) is 9.55. The number of anilines is 2. The molecule has 1 saturated carbocycles. The molecule has 0 atom stereocenters. The van der Waals surface area contributed by atoms with Crippen LogP contribution in [-0.4, -0.2) is 63.1 Å². The Hall–Kier alpha value is -5.35. The van der Waals surface area contributed by atoms with Crippen molar-refractivity contribution in [3.63, 3.8) is 0 Å². The van der Waals surface area contributed by atoms with Crippen molar-refractivity contribution in [2.45, 2.75) is 90.8 Å². The molecule has 0 spiro atoms. The maximum Gasteiger partial charge on any atom is 0.291 e. The average Bonchev–Trinajstić information content (AvgIpc) is 3.79. The van der Waals surface area contributed by atoms with E-state index in [9.17, 15) is 9.59 Å². The number of hydrogen-bond acceptors (Lipinski definition) is 12. The van der Waals surface area contributed by atoms with E-state index in [4.69, 9.17) is 25.9 Å². The highest BCUT2D eigenvalue weighted by molar-refractivity contribution is 7.21. The third-order valence-electron chi connectivity index (χ3n) is 10.8. The smallest absolute Gasteiger partial charge is 0.291 e. The van der Waals surface area contributed by atoms with Crippen molar-refractivity contribution in [1.29, 1.82) is 0 Å². The molecule has 7 aromatic rings. The third-order valence-corrected chi connectivity index (χ3v) is 13.0.